The van der Waals surface area contributed by atoms with Crippen LogP contribution in [0.15, 0.2) is 42.7 Å². The van der Waals surface area contributed by atoms with Crippen LogP contribution < -0.4 is 10.2 Å². The molecule has 2 aliphatic heterocycles. The van der Waals surface area contributed by atoms with E-state index in [9.17, 15) is 15.0 Å². The first-order chi connectivity index (χ1) is 22.8. The maximum atomic E-state index is 11.6. The molecule has 3 aliphatic carbocycles. The Morgan fingerprint density at radius 3 is 2.47 bits per heavy atom. The molecule has 47 heavy (non-hydrogen) atoms. The van der Waals surface area contributed by atoms with Gasteiger partial charge in [-0.2, -0.15) is 10.1 Å². The number of carboxylic acid groups (broad SMARTS) is 1. The normalized spacial score (nSPS) is 28.5. The Kier molecular flexibility index (Phi) is 9.24. The van der Waals surface area contributed by atoms with E-state index in [4.69, 9.17) is 9.97 Å². The van der Waals surface area contributed by atoms with E-state index >= 15 is 0 Å². The molecule has 5 aliphatic rings. The van der Waals surface area contributed by atoms with Gasteiger partial charge in [0.1, 0.15) is 5.82 Å². The SMILES string of the molecule is CC[C@H](C1CCC(C(=O)O)CC1)N(C)c1nc2c(c(N[C@@H](CN3C[C@H]4C[C@@H](C3)C4O)c3cnn(C)c3)n1)C[C@H](c1ccccc1)CC2. The molecular weight excluding hydrogens is 590 g/mol. The Balaban J connectivity index is 1.20. The fraction of sp³-hybridized carbons (Fsp3) is 0.622. The number of hydrogen-bond acceptors (Lipinski definition) is 8. The van der Waals surface area contributed by atoms with Crippen LogP contribution in [0.5, 0.6) is 0 Å². The van der Waals surface area contributed by atoms with Crippen molar-refractivity contribution in [3.63, 3.8) is 0 Å². The number of carbonyl (C=O) groups is 1. The van der Waals surface area contributed by atoms with E-state index in [1.165, 1.54) is 11.1 Å². The van der Waals surface area contributed by atoms with Gasteiger partial charge in [-0.3, -0.25) is 9.48 Å². The fourth-order valence-electron chi connectivity index (χ4n) is 9.09. The number of aliphatic hydroxyl groups excluding tert-OH is 1. The molecule has 3 N–H and O–H groups in total. The van der Waals surface area contributed by atoms with E-state index in [1.54, 1.807) is 0 Å². The van der Waals surface area contributed by atoms with E-state index in [-0.39, 0.29) is 24.1 Å². The number of anilines is 2. The summed E-state index contributed by atoms with van der Waals surface area (Å²) in [5.41, 5.74) is 4.84. The zero-order valence-corrected chi connectivity index (χ0v) is 28.1. The molecule has 3 aromatic rings. The molecular formula is C37H51N7O3. The zero-order valence-electron chi connectivity index (χ0n) is 28.1. The zero-order chi connectivity index (χ0) is 32.7. The van der Waals surface area contributed by atoms with E-state index in [1.807, 2.05) is 17.9 Å². The first-order valence-electron chi connectivity index (χ1n) is 17.8. The van der Waals surface area contributed by atoms with Crippen LogP contribution in [-0.2, 0) is 24.7 Å². The number of benzene rings is 1. The molecule has 4 heterocycles. The molecule has 0 amide bonds. The van der Waals surface area contributed by atoms with Gasteiger partial charge in [0.2, 0.25) is 5.95 Å². The van der Waals surface area contributed by atoms with Crippen LogP contribution in [0, 0.1) is 23.7 Å². The molecule has 2 aromatic heterocycles. The van der Waals surface area contributed by atoms with Crippen LogP contribution in [0.2, 0.25) is 0 Å². The average molecular weight is 642 g/mol. The number of hydrogen-bond donors (Lipinski definition) is 3. The van der Waals surface area contributed by atoms with Crippen LogP contribution in [0.4, 0.5) is 11.8 Å². The van der Waals surface area contributed by atoms with E-state index in [0.29, 0.717) is 23.7 Å². The largest absolute Gasteiger partial charge is 0.481 e. The molecule has 10 heteroatoms. The highest BCUT2D eigenvalue weighted by Crippen LogP contribution is 2.42. The lowest BCUT2D eigenvalue weighted by Gasteiger charge is -2.51. The molecule has 2 saturated heterocycles. The molecule has 10 nitrogen and oxygen atoms in total. The van der Waals surface area contributed by atoms with Gasteiger partial charge in [-0.1, -0.05) is 37.3 Å². The second kappa shape index (κ2) is 13.5. The van der Waals surface area contributed by atoms with Crippen molar-refractivity contribution in [3.8, 4) is 0 Å². The molecule has 2 saturated carbocycles. The van der Waals surface area contributed by atoms with Gasteiger partial charge in [-0.25, -0.2) is 4.98 Å². The van der Waals surface area contributed by atoms with Crippen LogP contribution >= 0.6 is 0 Å². The van der Waals surface area contributed by atoms with Crippen molar-refractivity contribution >= 4 is 17.7 Å². The number of carboxylic acids is 1. The van der Waals surface area contributed by atoms with Gasteiger partial charge in [0.25, 0.3) is 0 Å². The van der Waals surface area contributed by atoms with Gasteiger partial charge in [-0.05, 0) is 87.0 Å². The number of rotatable bonds is 11. The van der Waals surface area contributed by atoms with Crippen LogP contribution in [-0.4, -0.2) is 79.7 Å². The quantitative estimate of drug-likeness (QED) is 0.264. The van der Waals surface area contributed by atoms with Crippen molar-refractivity contribution in [1.29, 1.82) is 0 Å². The third-order valence-electron chi connectivity index (χ3n) is 11.9. The van der Waals surface area contributed by atoms with Gasteiger partial charge in [0.05, 0.1) is 30.0 Å². The highest BCUT2D eigenvalue weighted by Gasteiger charge is 2.46. The minimum Gasteiger partial charge on any atom is -0.481 e. The second-order valence-electron chi connectivity index (χ2n) is 14.8. The molecule has 4 fully saturated rings. The lowest BCUT2D eigenvalue weighted by molar-refractivity contribution is -0.143. The summed E-state index contributed by atoms with van der Waals surface area (Å²) >= 11 is 0. The number of aliphatic carboxylic acids is 1. The lowest BCUT2D eigenvalue weighted by atomic mass is 9.68. The van der Waals surface area contributed by atoms with Crippen LogP contribution in [0.1, 0.15) is 86.2 Å². The number of aryl methyl sites for hydroxylation is 2. The van der Waals surface area contributed by atoms with Crippen molar-refractivity contribution in [2.24, 2.45) is 30.7 Å². The van der Waals surface area contributed by atoms with Gasteiger partial charge in [-0.15, -0.1) is 0 Å². The van der Waals surface area contributed by atoms with Crippen molar-refractivity contribution in [2.75, 3.05) is 36.9 Å². The van der Waals surface area contributed by atoms with Crippen molar-refractivity contribution in [2.45, 2.75) is 88.8 Å². The van der Waals surface area contributed by atoms with Crippen LogP contribution in [0.25, 0.3) is 0 Å². The summed E-state index contributed by atoms with van der Waals surface area (Å²) in [5, 5.41) is 28.5. The Labute approximate surface area is 278 Å². The summed E-state index contributed by atoms with van der Waals surface area (Å²) in [7, 11) is 4.09. The Bertz CT molecular complexity index is 1530. The molecule has 1 unspecified atom stereocenters. The summed E-state index contributed by atoms with van der Waals surface area (Å²) in [6, 6.07) is 11.1. The molecule has 1 aromatic carbocycles. The fourth-order valence-corrected chi connectivity index (χ4v) is 9.09. The summed E-state index contributed by atoms with van der Waals surface area (Å²) in [4.78, 5) is 27.0. The summed E-state index contributed by atoms with van der Waals surface area (Å²) < 4.78 is 1.87. The third kappa shape index (κ3) is 6.64. The maximum absolute atomic E-state index is 11.6. The monoisotopic (exact) mass is 641 g/mol. The summed E-state index contributed by atoms with van der Waals surface area (Å²) in [6.07, 6.45) is 12.2. The van der Waals surface area contributed by atoms with Crippen molar-refractivity contribution in [3.05, 3.63) is 65.1 Å². The number of fused-ring (bicyclic) bond motifs is 3. The minimum atomic E-state index is -0.659. The Hall–Kier alpha value is -3.50. The van der Waals surface area contributed by atoms with Crippen molar-refractivity contribution < 1.29 is 15.0 Å². The van der Waals surface area contributed by atoms with E-state index < -0.39 is 5.97 Å². The van der Waals surface area contributed by atoms with Gasteiger partial charge in [0.15, 0.2) is 0 Å². The number of aromatic nitrogens is 4. The number of aliphatic hydroxyl groups is 1. The predicted octanol–water partition coefficient (Wildman–Crippen LogP) is 5.05. The van der Waals surface area contributed by atoms with E-state index in [2.05, 4.69) is 70.7 Å². The summed E-state index contributed by atoms with van der Waals surface area (Å²) in [6.45, 7) is 4.89. The molecule has 8 rings (SSSR count). The number of piperidine rings is 2. The average Bonchev–Trinajstić information content (AvgIpc) is 3.54. The Morgan fingerprint density at radius 2 is 1.83 bits per heavy atom. The van der Waals surface area contributed by atoms with E-state index in [0.717, 1.165) is 100 Å². The highest BCUT2D eigenvalue weighted by atomic mass is 16.4. The third-order valence-corrected chi connectivity index (χ3v) is 11.9. The molecule has 0 spiro atoms. The molecule has 6 atom stereocenters. The van der Waals surface area contributed by atoms with Gasteiger partial charge in [0, 0.05) is 57.1 Å². The van der Waals surface area contributed by atoms with Gasteiger partial charge >= 0.3 is 5.97 Å². The second-order valence-corrected chi connectivity index (χ2v) is 14.8. The Morgan fingerprint density at radius 1 is 1.09 bits per heavy atom. The highest BCUT2D eigenvalue weighted by molar-refractivity contribution is 5.70. The molecule has 0 radical (unpaired) electrons. The number of nitrogens with one attached hydrogen (secondary N) is 1. The standard InChI is InChI=1S/C37H51N7O3/c1-4-33(24-10-12-25(13-11-24)36(46)47)43(3)37-40-31-15-14-26(23-8-6-5-7-9-23)17-30(31)35(41-37)39-32(29-18-38-42(2)19-29)22-44-20-27-16-28(21-44)34(27)45/h5-9,18-19,24-28,32-34,45H,4,10-17,20-22H2,1-3H3,(H,46,47)(H,39,40,41)/t24?,25?,26-,27-,28+,32+,33-,34?/m1/s1. The maximum Gasteiger partial charge on any atom is 0.306 e. The first-order valence-corrected chi connectivity index (χ1v) is 17.8. The molecule has 252 valence electrons. The molecule has 2 bridgehead atoms. The van der Waals surface area contributed by atoms with Crippen molar-refractivity contribution in [1.82, 2.24) is 24.6 Å². The topological polar surface area (TPSA) is 120 Å². The summed E-state index contributed by atoms with van der Waals surface area (Å²) in [5.74, 6) is 2.37. The van der Waals surface area contributed by atoms with Crippen LogP contribution in [0.3, 0.4) is 0 Å². The number of nitrogens with zero attached hydrogens (tertiary/aromatic N) is 6. The predicted molar refractivity (Wildman–Crippen MR) is 182 cm³/mol. The smallest absolute Gasteiger partial charge is 0.306 e. The van der Waals surface area contributed by atoms with Gasteiger partial charge < -0.3 is 25.3 Å². The minimum absolute atomic E-state index is 0.0131. The lowest BCUT2D eigenvalue weighted by Crippen LogP contribution is -2.59. The first kappa shape index (κ1) is 32.1.